The Kier molecular flexibility index (Phi) is 4.03. The quantitative estimate of drug-likeness (QED) is 0.875. The standard InChI is InChI=1S/C14H12BrN3O2S/c15-9-3-1-2-8(6-9)14-17-7-11(21-14)13(20)18-10-4-5-16-12(10)19/h1-3,6-7,10H,4-5H2,(H,16,19)(H,18,20)/t10-/m0/s1. The summed E-state index contributed by atoms with van der Waals surface area (Å²) in [6.45, 7) is 0.607. The van der Waals surface area contributed by atoms with Gasteiger partial charge in [0.25, 0.3) is 5.91 Å². The summed E-state index contributed by atoms with van der Waals surface area (Å²) < 4.78 is 0.962. The second-order valence-corrected chi connectivity index (χ2v) is 6.59. The number of aromatic nitrogens is 1. The minimum Gasteiger partial charge on any atom is -0.354 e. The van der Waals surface area contributed by atoms with Crippen LogP contribution in [0.1, 0.15) is 16.1 Å². The Morgan fingerprint density at radius 1 is 1.48 bits per heavy atom. The number of carbonyl (C=O) groups is 2. The Morgan fingerprint density at radius 3 is 3.05 bits per heavy atom. The molecule has 1 aliphatic heterocycles. The molecule has 1 aliphatic rings. The maximum absolute atomic E-state index is 12.1. The molecule has 2 aromatic rings. The van der Waals surface area contributed by atoms with E-state index in [1.165, 1.54) is 11.3 Å². The highest BCUT2D eigenvalue weighted by Crippen LogP contribution is 2.27. The van der Waals surface area contributed by atoms with Gasteiger partial charge < -0.3 is 10.6 Å². The van der Waals surface area contributed by atoms with Gasteiger partial charge in [0.1, 0.15) is 15.9 Å². The third-order valence-corrected chi connectivity index (χ3v) is 4.69. The van der Waals surface area contributed by atoms with Gasteiger partial charge in [0.2, 0.25) is 5.91 Å². The maximum atomic E-state index is 12.1. The summed E-state index contributed by atoms with van der Waals surface area (Å²) >= 11 is 4.72. The molecular weight excluding hydrogens is 354 g/mol. The molecule has 0 unspecified atom stereocenters. The molecule has 1 atom stereocenters. The Hall–Kier alpha value is -1.73. The smallest absolute Gasteiger partial charge is 0.263 e. The van der Waals surface area contributed by atoms with Crippen molar-refractivity contribution in [2.75, 3.05) is 6.54 Å². The second kappa shape index (κ2) is 5.95. The first-order chi connectivity index (χ1) is 10.1. The third-order valence-electron chi connectivity index (χ3n) is 3.16. The van der Waals surface area contributed by atoms with Crippen molar-refractivity contribution in [2.24, 2.45) is 0 Å². The first-order valence-electron chi connectivity index (χ1n) is 6.44. The molecule has 1 fully saturated rings. The summed E-state index contributed by atoms with van der Waals surface area (Å²) in [5, 5.41) is 6.20. The number of carbonyl (C=O) groups excluding carboxylic acids is 2. The van der Waals surface area contributed by atoms with Crippen LogP contribution in [-0.2, 0) is 4.79 Å². The Balaban J connectivity index is 1.75. The third kappa shape index (κ3) is 3.14. The van der Waals surface area contributed by atoms with Crippen LogP contribution in [0.4, 0.5) is 0 Å². The van der Waals surface area contributed by atoms with E-state index in [4.69, 9.17) is 0 Å². The van der Waals surface area contributed by atoms with Crippen LogP contribution < -0.4 is 10.6 Å². The molecule has 0 aliphatic carbocycles. The fraction of sp³-hybridized carbons (Fsp3) is 0.214. The van der Waals surface area contributed by atoms with Crippen molar-refractivity contribution < 1.29 is 9.59 Å². The predicted octanol–water partition coefficient (Wildman–Crippen LogP) is 2.19. The Bertz CT molecular complexity index is 701. The zero-order chi connectivity index (χ0) is 14.8. The lowest BCUT2D eigenvalue weighted by Crippen LogP contribution is -2.39. The summed E-state index contributed by atoms with van der Waals surface area (Å²) in [4.78, 5) is 28.4. The van der Waals surface area contributed by atoms with E-state index < -0.39 is 6.04 Å². The van der Waals surface area contributed by atoms with E-state index in [-0.39, 0.29) is 11.8 Å². The van der Waals surface area contributed by atoms with Crippen LogP contribution in [0.5, 0.6) is 0 Å². The Labute approximate surface area is 133 Å². The summed E-state index contributed by atoms with van der Waals surface area (Å²) in [7, 11) is 0. The van der Waals surface area contributed by atoms with E-state index in [1.807, 2.05) is 24.3 Å². The van der Waals surface area contributed by atoms with Crippen LogP contribution in [0.25, 0.3) is 10.6 Å². The molecule has 0 spiro atoms. The topological polar surface area (TPSA) is 71.1 Å². The minimum absolute atomic E-state index is 0.125. The van der Waals surface area contributed by atoms with Gasteiger partial charge >= 0.3 is 0 Å². The number of thiazole rings is 1. The molecule has 3 rings (SSSR count). The lowest BCUT2D eigenvalue weighted by Gasteiger charge is -2.07. The number of amides is 2. The van der Waals surface area contributed by atoms with Gasteiger partial charge in [-0.2, -0.15) is 0 Å². The van der Waals surface area contributed by atoms with Crippen LogP contribution in [0.3, 0.4) is 0 Å². The van der Waals surface area contributed by atoms with E-state index in [2.05, 4.69) is 31.5 Å². The largest absolute Gasteiger partial charge is 0.354 e. The highest BCUT2D eigenvalue weighted by atomic mass is 79.9. The summed E-state index contributed by atoms with van der Waals surface area (Å²) in [6.07, 6.45) is 2.17. The van der Waals surface area contributed by atoms with Gasteiger partial charge in [-0.3, -0.25) is 9.59 Å². The van der Waals surface area contributed by atoms with Crippen molar-refractivity contribution in [2.45, 2.75) is 12.5 Å². The lowest BCUT2D eigenvalue weighted by molar-refractivity contribution is -0.120. The predicted molar refractivity (Wildman–Crippen MR) is 84.1 cm³/mol. The molecule has 21 heavy (non-hydrogen) atoms. The molecule has 2 amide bonds. The van der Waals surface area contributed by atoms with E-state index in [9.17, 15) is 9.59 Å². The van der Waals surface area contributed by atoms with Gasteiger partial charge in [-0.1, -0.05) is 28.1 Å². The summed E-state index contributed by atoms with van der Waals surface area (Å²) in [5.74, 6) is -0.379. The van der Waals surface area contributed by atoms with Crippen molar-refractivity contribution in [3.8, 4) is 10.6 Å². The average Bonchev–Trinajstić information content (AvgIpc) is 3.09. The molecular formula is C14H12BrN3O2S. The van der Waals surface area contributed by atoms with Crippen LogP contribution in [0.2, 0.25) is 0 Å². The SMILES string of the molecule is O=C(N[C@H]1CCNC1=O)c1cnc(-c2cccc(Br)c2)s1. The maximum Gasteiger partial charge on any atom is 0.263 e. The average molecular weight is 366 g/mol. The molecule has 0 bridgehead atoms. The van der Waals surface area contributed by atoms with Crippen molar-refractivity contribution in [1.82, 2.24) is 15.6 Å². The number of benzene rings is 1. The molecule has 0 saturated carbocycles. The van der Waals surface area contributed by atoms with E-state index in [0.717, 1.165) is 15.0 Å². The van der Waals surface area contributed by atoms with Crippen LogP contribution in [0, 0.1) is 0 Å². The molecule has 108 valence electrons. The van der Waals surface area contributed by atoms with E-state index in [1.54, 1.807) is 6.20 Å². The second-order valence-electron chi connectivity index (χ2n) is 4.65. The number of halogens is 1. The zero-order valence-corrected chi connectivity index (χ0v) is 13.3. The molecule has 0 radical (unpaired) electrons. The van der Waals surface area contributed by atoms with Crippen LogP contribution in [0.15, 0.2) is 34.9 Å². The van der Waals surface area contributed by atoms with E-state index >= 15 is 0 Å². The van der Waals surface area contributed by atoms with Crippen molar-refractivity contribution in [1.29, 1.82) is 0 Å². The Morgan fingerprint density at radius 2 is 2.33 bits per heavy atom. The monoisotopic (exact) mass is 365 g/mol. The van der Waals surface area contributed by atoms with Crippen molar-refractivity contribution >= 4 is 39.1 Å². The van der Waals surface area contributed by atoms with Gasteiger partial charge in [-0.05, 0) is 18.6 Å². The number of nitrogens with one attached hydrogen (secondary N) is 2. The zero-order valence-electron chi connectivity index (χ0n) is 10.9. The first-order valence-corrected chi connectivity index (χ1v) is 8.05. The van der Waals surface area contributed by atoms with E-state index in [0.29, 0.717) is 17.8 Å². The lowest BCUT2D eigenvalue weighted by atomic mass is 10.2. The fourth-order valence-corrected chi connectivity index (χ4v) is 3.31. The normalized spacial score (nSPS) is 17.6. The van der Waals surface area contributed by atoms with Crippen molar-refractivity contribution in [3.05, 3.63) is 39.8 Å². The first kappa shape index (κ1) is 14.2. The number of hydrogen-bond donors (Lipinski definition) is 2. The minimum atomic E-state index is -0.436. The molecule has 2 N–H and O–H groups in total. The fourth-order valence-electron chi connectivity index (χ4n) is 2.10. The summed E-state index contributed by atoms with van der Waals surface area (Å²) in [5.41, 5.74) is 0.951. The molecule has 1 aromatic carbocycles. The van der Waals surface area contributed by atoms with Gasteiger partial charge in [0.05, 0.1) is 6.20 Å². The van der Waals surface area contributed by atoms with Gasteiger partial charge in [-0.15, -0.1) is 11.3 Å². The molecule has 5 nitrogen and oxygen atoms in total. The number of rotatable bonds is 3. The van der Waals surface area contributed by atoms with Gasteiger partial charge in [-0.25, -0.2) is 4.98 Å². The van der Waals surface area contributed by atoms with Crippen LogP contribution >= 0.6 is 27.3 Å². The molecule has 1 saturated heterocycles. The van der Waals surface area contributed by atoms with Crippen LogP contribution in [-0.4, -0.2) is 29.4 Å². The molecule has 1 aromatic heterocycles. The number of hydrogen-bond acceptors (Lipinski definition) is 4. The number of nitrogens with zero attached hydrogens (tertiary/aromatic N) is 1. The van der Waals surface area contributed by atoms with Crippen molar-refractivity contribution in [3.63, 3.8) is 0 Å². The molecule has 2 heterocycles. The van der Waals surface area contributed by atoms with Gasteiger partial charge in [0.15, 0.2) is 0 Å². The summed E-state index contributed by atoms with van der Waals surface area (Å²) in [6, 6.07) is 7.31. The highest BCUT2D eigenvalue weighted by Gasteiger charge is 2.26. The van der Waals surface area contributed by atoms with Gasteiger partial charge in [0, 0.05) is 16.6 Å². The highest BCUT2D eigenvalue weighted by molar-refractivity contribution is 9.10. The molecule has 7 heteroatoms.